The van der Waals surface area contributed by atoms with Gasteiger partial charge in [-0.15, -0.1) is 0 Å². The van der Waals surface area contributed by atoms with E-state index in [-0.39, 0.29) is 5.91 Å². The Morgan fingerprint density at radius 1 is 1.15 bits per heavy atom. The number of carbonyl (C=O) groups is 2. The highest BCUT2D eigenvalue weighted by atomic mass is 19.4. The summed E-state index contributed by atoms with van der Waals surface area (Å²) in [6.07, 6.45) is -1.73. The molecule has 0 atom stereocenters. The van der Waals surface area contributed by atoms with E-state index in [4.69, 9.17) is 0 Å². The number of likely N-dealkylation sites (tertiary alicyclic amines) is 2. The van der Waals surface area contributed by atoms with Crippen molar-refractivity contribution < 1.29 is 22.8 Å². The quantitative estimate of drug-likeness (QED) is 0.788. The molecule has 9 heteroatoms. The summed E-state index contributed by atoms with van der Waals surface area (Å²) in [5.41, 5.74) is -2.93. The lowest BCUT2D eigenvalue weighted by molar-refractivity contribution is -0.142. The minimum Gasteiger partial charge on any atom is -0.345 e. The van der Waals surface area contributed by atoms with E-state index in [1.807, 2.05) is 0 Å². The Kier molecular flexibility index (Phi) is 4.58. The van der Waals surface area contributed by atoms with Gasteiger partial charge in [0.15, 0.2) is 0 Å². The van der Waals surface area contributed by atoms with Crippen LogP contribution >= 0.6 is 0 Å². The number of halogens is 3. The summed E-state index contributed by atoms with van der Waals surface area (Å²) in [6.45, 7) is 0.994. The zero-order chi connectivity index (χ0) is 19.1. The van der Waals surface area contributed by atoms with Crippen molar-refractivity contribution in [1.82, 2.24) is 14.4 Å². The lowest BCUT2D eigenvalue weighted by Gasteiger charge is -2.37. The third kappa shape index (κ3) is 3.22. The minimum absolute atomic E-state index is 0.0960. The fraction of sp³-hybridized carbons (Fsp3) is 0.588. The number of hydrogen-bond donors (Lipinski definition) is 0. The molecule has 0 aliphatic carbocycles. The largest absolute Gasteiger partial charge is 0.421 e. The summed E-state index contributed by atoms with van der Waals surface area (Å²) in [4.78, 5) is 39.9. The lowest BCUT2D eigenvalue weighted by Crippen LogP contribution is -2.47. The lowest BCUT2D eigenvalue weighted by atomic mass is 9.77. The Morgan fingerprint density at radius 2 is 1.77 bits per heavy atom. The van der Waals surface area contributed by atoms with Gasteiger partial charge < -0.3 is 14.4 Å². The highest BCUT2D eigenvalue weighted by molar-refractivity contribution is 5.85. The molecule has 2 aliphatic rings. The van der Waals surface area contributed by atoms with Gasteiger partial charge in [-0.1, -0.05) is 0 Å². The smallest absolute Gasteiger partial charge is 0.345 e. The summed E-state index contributed by atoms with van der Waals surface area (Å²) in [6, 6.07) is 1.81. The van der Waals surface area contributed by atoms with Gasteiger partial charge in [-0.3, -0.25) is 14.4 Å². The number of amides is 2. The Balaban J connectivity index is 1.68. The number of aromatic nitrogens is 1. The summed E-state index contributed by atoms with van der Waals surface area (Å²) < 4.78 is 39.2. The monoisotopic (exact) mass is 371 g/mol. The first-order valence-corrected chi connectivity index (χ1v) is 8.44. The Morgan fingerprint density at radius 3 is 2.31 bits per heavy atom. The van der Waals surface area contributed by atoms with E-state index < -0.39 is 35.2 Å². The van der Waals surface area contributed by atoms with Crippen LogP contribution < -0.4 is 5.56 Å². The fourth-order valence-corrected chi connectivity index (χ4v) is 3.77. The predicted molar refractivity (Wildman–Crippen MR) is 86.2 cm³/mol. The molecule has 26 heavy (non-hydrogen) atoms. The average molecular weight is 371 g/mol. The molecule has 1 aromatic rings. The van der Waals surface area contributed by atoms with E-state index in [1.165, 1.54) is 11.1 Å². The number of hydrogen-bond acceptors (Lipinski definition) is 3. The van der Waals surface area contributed by atoms with Crippen molar-refractivity contribution in [3.05, 3.63) is 34.2 Å². The first-order valence-electron chi connectivity index (χ1n) is 8.44. The molecule has 142 valence electrons. The Labute approximate surface area is 148 Å². The van der Waals surface area contributed by atoms with Crippen LogP contribution in [0, 0.1) is 5.41 Å². The van der Waals surface area contributed by atoms with Crippen molar-refractivity contribution >= 4 is 11.8 Å². The third-order valence-electron chi connectivity index (χ3n) is 5.43. The van der Waals surface area contributed by atoms with Gasteiger partial charge >= 0.3 is 6.18 Å². The topological polar surface area (TPSA) is 62.6 Å². The minimum atomic E-state index is -4.75. The van der Waals surface area contributed by atoms with Crippen LogP contribution in [0.1, 0.15) is 24.8 Å². The van der Waals surface area contributed by atoms with Crippen molar-refractivity contribution in [2.24, 2.45) is 5.41 Å². The third-order valence-corrected chi connectivity index (χ3v) is 5.43. The van der Waals surface area contributed by atoms with Crippen molar-refractivity contribution in [3.8, 4) is 0 Å². The maximum absolute atomic E-state index is 12.8. The summed E-state index contributed by atoms with van der Waals surface area (Å²) in [7, 11) is 1.76. The molecule has 2 amide bonds. The first-order chi connectivity index (χ1) is 12.1. The summed E-state index contributed by atoms with van der Waals surface area (Å²) >= 11 is 0. The predicted octanol–water partition coefficient (Wildman–Crippen LogP) is 1.34. The maximum Gasteiger partial charge on any atom is 0.421 e. The fourth-order valence-electron chi connectivity index (χ4n) is 3.77. The molecule has 3 heterocycles. The van der Waals surface area contributed by atoms with Crippen LogP contribution in [0.5, 0.6) is 0 Å². The second kappa shape index (κ2) is 6.44. The second-order valence-corrected chi connectivity index (χ2v) is 6.99. The number of rotatable bonds is 2. The highest BCUT2D eigenvalue weighted by Crippen LogP contribution is 2.40. The molecule has 0 saturated carbocycles. The van der Waals surface area contributed by atoms with Crippen molar-refractivity contribution in [3.63, 3.8) is 0 Å². The standard InChI is InChI=1S/C17H20F3N3O3/c1-21-8-4-16(15(21)26)5-9-22(10-6-16)13(24)11-23-7-2-3-12(14(23)25)17(18,19)20/h2-3,7H,4-6,8-11H2,1H3. The molecule has 0 N–H and O–H groups in total. The molecule has 1 spiro atoms. The van der Waals surface area contributed by atoms with E-state index in [9.17, 15) is 27.6 Å². The van der Waals surface area contributed by atoms with Gasteiger partial charge in [0.05, 0.1) is 5.41 Å². The van der Waals surface area contributed by atoms with Gasteiger partial charge in [-0.05, 0) is 31.4 Å². The zero-order valence-corrected chi connectivity index (χ0v) is 14.4. The number of alkyl halides is 3. The second-order valence-electron chi connectivity index (χ2n) is 6.99. The number of nitrogens with zero attached hydrogens (tertiary/aromatic N) is 3. The van der Waals surface area contributed by atoms with Gasteiger partial charge in [-0.25, -0.2) is 0 Å². The molecule has 0 unspecified atom stereocenters. The van der Waals surface area contributed by atoms with Crippen molar-refractivity contribution in [2.75, 3.05) is 26.7 Å². The number of piperidine rings is 1. The van der Waals surface area contributed by atoms with E-state index >= 15 is 0 Å². The van der Waals surface area contributed by atoms with Crippen LogP contribution in [0.15, 0.2) is 23.1 Å². The molecule has 2 aliphatic heterocycles. The van der Waals surface area contributed by atoms with E-state index in [1.54, 1.807) is 11.9 Å². The van der Waals surface area contributed by atoms with Crippen LogP contribution in [-0.2, 0) is 22.3 Å². The Hall–Kier alpha value is -2.32. The molecule has 2 fully saturated rings. The van der Waals surface area contributed by atoms with E-state index in [0.717, 1.165) is 17.1 Å². The van der Waals surface area contributed by atoms with Crippen molar-refractivity contribution in [1.29, 1.82) is 0 Å². The molecule has 6 nitrogen and oxygen atoms in total. The van der Waals surface area contributed by atoms with Gasteiger partial charge in [-0.2, -0.15) is 13.2 Å². The normalized spacial score (nSPS) is 20.1. The average Bonchev–Trinajstić information content (AvgIpc) is 2.85. The maximum atomic E-state index is 12.8. The molecule has 0 aromatic carbocycles. The number of pyridine rings is 1. The molecule has 2 saturated heterocycles. The van der Waals surface area contributed by atoms with Crippen molar-refractivity contribution in [2.45, 2.75) is 32.0 Å². The molecule has 0 radical (unpaired) electrons. The highest BCUT2D eigenvalue weighted by Gasteiger charge is 2.47. The van der Waals surface area contributed by atoms with Crippen LogP contribution in [-0.4, -0.2) is 52.9 Å². The van der Waals surface area contributed by atoms with Gasteiger partial charge in [0.2, 0.25) is 11.8 Å². The van der Waals surface area contributed by atoms with E-state index in [0.29, 0.717) is 38.5 Å². The summed E-state index contributed by atoms with van der Waals surface area (Å²) in [5, 5.41) is 0. The van der Waals surface area contributed by atoms with Crippen LogP contribution in [0.2, 0.25) is 0 Å². The zero-order valence-electron chi connectivity index (χ0n) is 14.4. The first kappa shape index (κ1) is 18.5. The van der Waals surface area contributed by atoms with Gasteiger partial charge in [0.25, 0.3) is 5.56 Å². The molecule has 1 aromatic heterocycles. The Bertz CT molecular complexity index is 779. The molecular weight excluding hydrogens is 351 g/mol. The van der Waals surface area contributed by atoms with Gasteiger partial charge in [0.1, 0.15) is 12.1 Å². The summed E-state index contributed by atoms with van der Waals surface area (Å²) in [5.74, 6) is -0.321. The SMILES string of the molecule is CN1CCC2(CCN(C(=O)Cn3cccc(C(F)(F)F)c3=O)CC2)C1=O. The van der Waals surface area contributed by atoms with E-state index in [2.05, 4.69) is 0 Å². The van der Waals surface area contributed by atoms with Crippen LogP contribution in [0.4, 0.5) is 13.2 Å². The number of carbonyl (C=O) groups excluding carboxylic acids is 2. The van der Waals surface area contributed by atoms with Gasteiger partial charge in [0, 0.05) is 32.9 Å². The molecular formula is C17H20F3N3O3. The van der Waals surface area contributed by atoms with Crippen LogP contribution in [0.3, 0.4) is 0 Å². The molecule has 0 bridgehead atoms. The van der Waals surface area contributed by atoms with Crippen LogP contribution in [0.25, 0.3) is 0 Å². The molecule has 3 rings (SSSR count).